The molecule has 2 heterocycles. The number of likely N-dealkylation sites (tertiary alicyclic amines) is 1. The number of ether oxygens (including phenoxy) is 1. The second-order valence-corrected chi connectivity index (χ2v) is 7.05. The van der Waals surface area contributed by atoms with Crippen LogP contribution in [0.25, 0.3) is 0 Å². The highest BCUT2D eigenvalue weighted by Gasteiger charge is 2.44. The second kappa shape index (κ2) is 7.99. The van der Waals surface area contributed by atoms with Gasteiger partial charge in [0.2, 0.25) is 11.8 Å². The van der Waals surface area contributed by atoms with Crippen LogP contribution in [0.4, 0.5) is 0 Å². The summed E-state index contributed by atoms with van der Waals surface area (Å²) in [6, 6.07) is 0.0641. The van der Waals surface area contributed by atoms with Crippen LogP contribution in [0, 0.1) is 11.8 Å². The maximum Gasteiger partial charge on any atom is 0.248 e. The van der Waals surface area contributed by atoms with Crippen LogP contribution in [0.1, 0.15) is 32.0 Å². The first-order valence-electron chi connectivity index (χ1n) is 9.18. The minimum Gasteiger partial charge on any atom is -0.375 e. The zero-order chi connectivity index (χ0) is 17.8. The van der Waals surface area contributed by atoms with Gasteiger partial charge in [-0.25, -0.2) is 4.98 Å². The molecule has 0 unspecified atom stereocenters. The Labute approximate surface area is 148 Å². The molecule has 0 aromatic carbocycles. The summed E-state index contributed by atoms with van der Waals surface area (Å²) in [7, 11) is 1.53. The van der Waals surface area contributed by atoms with E-state index >= 15 is 0 Å². The summed E-state index contributed by atoms with van der Waals surface area (Å²) in [5.74, 6) is 2.08. The highest BCUT2D eigenvalue weighted by Crippen LogP contribution is 2.41. The van der Waals surface area contributed by atoms with Crippen LogP contribution in [0.5, 0.6) is 0 Å². The Morgan fingerprint density at radius 2 is 2.16 bits per heavy atom. The highest BCUT2D eigenvalue weighted by atomic mass is 16.5. The quantitative estimate of drug-likeness (QED) is 0.755. The third-order valence-corrected chi connectivity index (χ3v) is 5.26. The van der Waals surface area contributed by atoms with E-state index in [0.717, 1.165) is 18.8 Å². The predicted octanol–water partition coefficient (Wildman–Crippen LogP) is 0.835. The topological polar surface area (TPSA) is 76.5 Å². The van der Waals surface area contributed by atoms with Gasteiger partial charge in [0.1, 0.15) is 12.4 Å². The van der Waals surface area contributed by atoms with Crippen LogP contribution in [0.2, 0.25) is 0 Å². The van der Waals surface area contributed by atoms with Gasteiger partial charge in [-0.05, 0) is 18.8 Å². The van der Waals surface area contributed by atoms with Crippen molar-refractivity contribution < 1.29 is 14.3 Å². The zero-order valence-electron chi connectivity index (χ0n) is 15.1. The van der Waals surface area contributed by atoms with Crippen molar-refractivity contribution >= 4 is 11.8 Å². The second-order valence-electron chi connectivity index (χ2n) is 7.05. The summed E-state index contributed by atoms with van der Waals surface area (Å²) in [6.07, 6.45) is 7.40. The van der Waals surface area contributed by atoms with Gasteiger partial charge in [0.15, 0.2) is 0 Å². The summed E-state index contributed by atoms with van der Waals surface area (Å²) in [5.41, 5.74) is 0. The predicted molar refractivity (Wildman–Crippen MR) is 92.8 cm³/mol. The van der Waals surface area contributed by atoms with E-state index in [1.165, 1.54) is 20.0 Å². The molecular formula is C18H28N4O3. The molecule has 1 aliphatic heterocycles. The van der Waals surface area contributed by atoms with Gasteiger partial charge in [-0.2, -0.15) is 0 Å². The van der Waals surface area contributed by atoms with Crippen molar-refractivity contribution in [3.63, 3.8) is 0 Å². The molecule has 0 radical (unpaired) electrons. The van der Waals surface area contributed by atoms with E-state index < -0.39 is 0 Å². The fourth-order valence-electron chi connectivity index (χ4n) is 3.76. The number of rotatable bonds is 8. The number of aryl methyl sites for hydroxylation is 2. The fourth-order valence-corrected chi connectivity index (χ4v) is 3.76. The van der Waals surface area contributed by atoms with Crippen LogP contribution in [0.3, 0.4) is 0 Å². The molecule has 7 heteroatoms. The summed E-state index contributed by atoms with van der Waals surface area (Å²) >= 11 is 0. The molecule has 7 nitrogen and oxygen atoms in total. The van der Waals surface area contributed by atoms with Gasteiger partial charge in [-0.3, -0.25) is 9.59 Å². The lowest BCUT2D eigenvalue weighted by Gasteiger charge is -2.19. The van der Waals surface area contributed by atoms with Gasteiger partial charge in [0, 0.05) is 57.9 Å². The van der Waals surface area contributed by atoms with Crippen molar-refractivity contribution in [2.75, 3.05) is 26.8 Å². The Morgan fingerprint density at radius 3 is 2.84 bits per heavy atom. The van der Waals surface area contributed by atoms with Gasteiger partial charge < -0.3 is 19.5 Å². The molecule has 1 aliphatic carbocycles. The molecule has 0 spiro atoms. The smallest absolute Gasteiger partial charge is 0.248 e. The molecule has 25 heavy (non-hydrogen) atoms. The molecule has 2 aliphatic rings. The lowest BCUT2D eigenvalue weighted by molar-refractivity contribution is -0.134. The summed E-state index contributed by atoms with van der Waals surface area (Å²) < 4.78 is 6.99. The van der Waals surface area contributed by atoms with E-state index in [0.29, 0.717) is 31.3 Å². The minimum atomic E-state index is 0.0101. The van der Waals surface area contributed by atoms with Crippen molar-refractivity contribution in [3.05, 3.63) is 18.2 Å². The van der Waals surface area contributed by atoms with Crippen LogP contribution < -0.4 is 5.32 Å². The van der Waals surface area contributed by atoms with E-state index in [9.17, 15) is 9.59 Å². The van der Waals surface area contributed by atoms with Crippen molar-refractivity contribution in [1.29, 1.82) is 0 Å². The number of carbonyl (C=O) groups excluding carboxylic acids is 2. The number of aromatic nitrogens is 2. The van der Waals surface area contributed by atoms with E-state index in [-0.39, 0.29) is 24.5 Å². The average Bonchev–Trinajstić information content (AvgIpc) is 3.19. The molecule has 0 bridgehead atoms. The van der Waals surface area contributed by atoms with Crippen LogP contribution in [-0.2, 0) is 27.3 Å². The number of imidazole rings is 1. The molecule has 3 rings (SSSR count). The van der Waals surface area contributed by atoms with Crippen LogP contribution in [-0.4, -0.2) is 59.1 Å². The Balaban J connectivity index is 1.53. The van der Waals surface area contributed by atoms with Gasteiger partial charge in [0.25, 0.3) is 0 Å². The summed E-state index contributed by atoms with van der Waals surface area (Å²) in [5, 5.41) is 3.17. The molecule has 1 saturated heterocycles. The van der Waals surface area contributed by atoms with Crippen molar-refractivity contribution in [2.24, 2.45) is 11.8 Å². The largest absolute Gasteiger partial charge is 0.375 e. The number of nitrogens with zero attached hydrogens (tertiary/aromatic N) is 3. The Kier molecular flexibility index (Phi) is 5.73. The van der Waals surface area contributed by atoms with Gasteiger partial charge in [0.05, 0.1) is 6.04 Å². The highest BCUT2D eigenvalue weighted by molar-refractivity contribution is 5.79. The maximum absolute atomic E-state index is 12.4. The molecule has 1 saturated carbocycles. The van der Waals surface area contributed by atoms with E-state index in [4.69, 9.17) is 4.74 Å². The number of nitrogens with one attached hydrogen (secondary N) is 1. The molecule has 2 amide bonds. The zero-order valence-corrected chi connectivity index (χ0v) is 15.1. The lowest BCUT2D eigenvalue weighted by atomic mass is 9.98. The number of hydrogen-bond acceptors (Lipinski definition) is 4. The Bertz CT molecular complexity index is 611. The van der Waals surface area contributed by atoms with Gasteiger partial charge >= 0.3 is 0 Å². The monoisotopic (exact) mass is 348 g/mol. The first kappa shape index (κ1) is 17.9. The molecule has 1 N–H and O–H groups in total. The number of carbonyl (C=O) groups is 2. The van der Waals surface area contributed by atoms with Crippen LogP contribution >= 0.6 is 0 Å². The minimum absolute atomic E-state index is 0.0101. The van der Waals surface area contributed by atoms with Gasteiger partial charge in [-0.1, -0.05) is 6.92 Å². The van der Waals surface area contributed by atoms with Gasteiger partial charge in [-0.15, -0.1) is 0 Å². The molecule has 2 fully saturated rings. The lowest BCUT2D eigenvalue weighted by Crippen LogP contribution is -2.42. The first-order valence-corrected chi connectivity index (χ1v) is 9.18. The molecule has 138 valence electrons. The van der Waals surface area contributed by atoms with Crippen LogP contribution in [0.15, 0.2) is 12.4 Å². The number of amides is 2. The third kappa shape index (κ3) is 4.39. The average molecular weight is 348 g/mol. The van der Waals surface area contributed by atoms with E-state index in [1.807, 2.05) is 15.7 Å². The fraction of sp³-hybridized carbons (Fsp3) is 0.722. The normalized spacial score (nSPS) is 23.0. The molecule has 1 aromatic heterocycles. The standard InChI is InChI=1S/C18H28N4O3/c1-3-16-19-7-9-21(16)8-6-17(23)20-15-11-22(18(24)12-25-2)10-14(15)13-4-5-13/h7,9,13-15H,3-6,8,10-12H2,1-2H3,(H,20,23)/t14-,15+/m1/s1. The summed E-state index contributed by atoms with van der Waals surface area (Å²) in [4.78, 5) is 30.6. The van der Waals surface area contributed by atoms with Crippen molar-refractivity contribution in [3.8, 4) is 0 Å². The molecule has 2 atom stereocenters. The van der Waals surface area contributed by atoms with Crippen molar-refractivity contribution in [2.45, 2.75) is 45.2 Å². The SMILES string of the molecule is CCc1nccn1CCC(=O)N[C@H]1CN(C(=O)COC)C[C@@H]1C1CC1. The number of methoxy groups -OCH3 is 1. The maximum atomic E-state index is 12.4. The third-order valence-electron chi connectivity index (χ3n) is 5.26. The Morgan fingerprint density at radius 1 is 1.36 bits per heavy atom. The van der Waals surface area contributed by atoms with E-state index in [2.05, 4.69) is 17.2 Å². The molecule has 1 aromatic rings. The van der Waals surface area contributed by atoms with E-state index in [1.54, 1.807) is 6.20 Å². The number of hydrogen-bond donors (Lipinski definition) is 1. The summed E-state index contributed by atoms with van der Waals surface area (Å²) in [6.45, 7) is 4.14. The first-order chi connectivity index (χ1) is 12.1. The Hall–Kier alpha value is -1.89. The molecular weight excluding hydrogens is 320 g/mol. The van der Waals surface area contributed by atoms with Crippen molar-refractivity contribution in [1.82, 2.24) is 19.8 Å².